The van der Waals surface area contributed by atoms with Crippen molar-refractivity contribution < 1.29 is 17.9 Å². The van der Waals surface area contributed by atoms with Crippen molar-refractivity contribution in [1.29, 1.82) is 0 Å². The molecule has 0 spiro atoms. The van der Waals surface area contributed by atoms with Gasteiger partial charge >= 0.3 is 0 Å². The third-order valence-corrected chi connectivity index (χ3v) is 4.84. The minimum atomic E-state index is -3.38. The highest BCUT2D eigenvalue weighted by Gasteiger charge is 2.20. The van der Waals surface area contributed by atoms with E-state index in [1.807, 2.05) is 0 Å². The van der Waals surface area contributed by atoms with Gasteiger partial charge in [-0.25, -0.2) is 8.42 Å². The maximum absolute atomic E-state index is 11.8. The van der Waals surface area contributed by atoms with Crippen LogP contribution in [0, 0.1) is 5.92 Å². The Balaban J connectivity index is 1.95. The van der Waals surface area contributed by atoms with Gasteiger partial charge in [0.2, 0.25) is 15.9 Å². The van der Waals surface area contributed by atoms with E-state index in [1.165, 1.54) is 20.0 Å². The fraction of sp³-hybridized carbons (Fsp3) is 0.533. The van der Waals surface area contributed by atoms with Gasteiger partial charge in [-0.05, 0) is 44.4 Å². The van der Waals surface area contributed by atoms with Crippen LogP contribution < -0.4 is 20.1 Å². The standard InChI is InChI=1S/C15H23N3O4S/c1-3-23(20,21)18-13-7-6-12(8-14(13)22-2)17-15(19)10-16-9-11-4-5-11/h6-8,11,16,18H,3-5,9-10H2,1-2H3,(H,17,19). The minimum absolute atomic E-state index is 0.0265. The Morgan fingerprint density at radius 2 is 2.09 bits per heavy atom. The van der Waals surface area contributed by atoms with Crippen molar-refractivity contribution in [2.75, 3.05) is 36.0 Å². The molecule has 0 radical (unpaired) electrons. The van der Waals surface area contributed by atoms with Gasteiger partial charge in [0.05, 0.1) is 25.1 Å². The molecule has 1 aliphatic rings. The van der Waals surface area contributed by atoms with Crippen LogP contribution >= 0.6 is 0 Å². The molecule has 23 heavy (non-hydrogen) atoms. The predicted octanol–water partition coefficient (Wildman–Crippen LogP) is 1.39. The topological polar surface area (TPSA) is 96.5 Å². The van der Waals surface area contributed by atoms with Crippen LogP contribution in [0.1, 0.15) is 19.8 Å². The minimum Gasteiger partial charge on any atom is -0.494 e. The molecule has 0 unspecified atom stereocenters. The van der Waals surface area contributed by atoms with Crippen molar-refractivity contribution in [1.82, 2.24) is 5.32 Å². The van der Waals surface area contributed by atoms with Crippen LogP contribution in [0.25, 0.3) is 0 Å². The van der Waals surface area contributed by atoms with Crippen LogP contribution in [0.4, 0.5) is 11.4 Å². The summed E-state index contributed by atoms with van der Waals surface area (Å²) >= 11 is 0. The maximum Gasteiger partial charge on any atom is 0.238 e. The van der Waals surface area contributed by atoms with Gasteiger partial charge in [-0.2, -0.15) is 0 Å². The fourth-order valence-corrected chi connectivity index (χ4v) is 2.66. The number of amides is 1. The van der Waals surface area contributed by atoms with E-state index in [2.05, 4.69) is 15.4 Å². The van der Waals surface area contributed by atoms with Gasteiger partial charge < -0.3 is 15.4 Å². The van der Waals surface area contributed by atoms with E-state index in [0.29, 0.717) is 23.0 Å². The van der Waals surface area contributed by atoms with Crippen LogP contribution in [0.15, 0.2) is 18.2 Å². The van der Waals surface area contributed by atoms with Gasteiger partial charge in [0, 0.05) is 11.8 Å². The quantitative estimate of drug-likeness (QED) is 0.631. The van der Waals surface area contributed by atoms with Crippen LogP contribution in [-0.4, -0.2) is 40.3 Å². The van der Waals surface area contributed by atoms with Gasteiger partial charge in [0.1, 0.15) is 5.75 Å². The van der Waals surface area contributed by atoms with E-state index in [1.54, 1.807) is 25.1 Å². The van der Waals surface area contributed by atoms with Gasteiger partial charge in [0.25, 0.3) is 0 Å². The number of carbonyl (C=O) groups is 1. The second-order valence-corrected chi connectivity index (χ2v) is 7.55. The second kappa shape index (κ2) is 7.65. The Labute approximate surface area is 136 Å². The number of rotatable bonds is 9. The van der Waals surface area contributed by atoms with E-state index >= 15 is 0 Å². The third-order valence-electron chi connectivity index (χ3n) is 3.55. The second-order valence-electron chi connectivity index (χ2n) is 5.54. The molecule has 128 valence electrons. The molecule has 3 N–H and O–H groups in total. The summed E-state index contributed by atoms with van der Waals surface area (Å²) in [6, 6.07) is 4.79. The highest BCUT2D eigenvalue weighted by atomic mass is 32.2. The SMILES string of the molecule is CCS(=O)(=O)Nc1ccc(NC(=O)CNCC2CC2)cc1OC. The van der Waals surface area contributed by atoms with Crippen LogP contribution in [-0.2, 0) is 14.8 Å². The zero-order chi connectivity index (χ0) is 16.9. The molecule has 0 heterocycles. The summed E-state index contributed by atoms with van der Waals surface area (Å²) in [5.41, 5.74) is 0.902. The van der Waals surface area contributed by atoms with Gasteiger partial charge in [-0.3, -0.25) is 9.52 Å². The lowest BCUT2D eigenvalue weighted by molar-refractivity contribution is -0.115. The smallest absolute Gasteiger partial charge is 0.238 e. The molecule has 8 heteroatoms. The molecule has 2 rings (SSSR count). The Bertz CT molecular complexity index is 657. The fourth-order valence-electron chi connectivity index (χ4n) is 2.01. The van der Waals surface area contributed by atoms with Crippen molar-refractivity contribution in [3.8, 4) is 5.75 Å². The number of nitrogens with one attached hydrogen (secondary N) is 3. The molecule has 7 nitrogen and oxygen atoms in total. The molecule has 0 aromatic heterocycles. The number of hydrogen-bond acceptors (Lipinski definition) is 5. The predicted molar refractivity (Wildman–Crippen MR) is 90.3 cm³/mol. The van der Waals surface area contributed by atoms with Crippen LogP contribution in [0.3, 0.4) is 0 Å². The summed E-state index contributed by atoms with van der Waals surface area (Å²) in [5, 5.41) is 5.87. The number of anilines is 2. The van der Waals surface area contributed by atoms with Crippen molar-refractivity contribution in [3.05, 3.63) is 18.2 Å². The third kappa shape index (κ3) is 5.72. The molecule has 0 bridgehead atoms. The van der Waals surface area contributed by atoms with E-state index < -0.39 is 10.0 Å². The normalized spacial score (nSPS) is 14.3. The first-order chi connectivity index (χ1) is 10.9. The average Bonchev–Trinajstić information content (AvgIpc) is 3.33. The van der Waals surface area contributed by atoms with E-state index in [4.69, 9.17) is 4.74 Å². The number of carbonyl (C=O) groups excluding carboxylic acids is 1. The zero-order valence-corrected chi connectivity index (χ0v) is 14.2. The Kier molecular flexibility index (Phi) is 5.84. The number of hydrogen-bond donors (Lipinski definition) is 3. The first-order valence-corrected chi connectivity index (χ1v) is 9.28. The Morgan fingerprint density at radius 3 is 2.70 bits per heavy atom. The maximum atomic E-state index is 11.8. The molecule has 1 aromatic rings. The lowest BCUT2D eigenvalue weighted by Crippen LogP contribution is -2.29. The van der Waals surface area contributed by atoms with Gasteiger partial charge in [-0.1, -0.05) is 0 Å². The summed E-state index contributed by atoms with van der Waals surface area (Å²) in [7, 11) is -1.94. The van der Waals surface area contributed by atoms with E-state index in [-0.39, 0.29) is 18.2 Å². The molecule has 1 amide bonds. The molecule has 1 aliphatic carbocycles. The summed E-state index contributed by atoms with van der Waals surface area (Å²) in [5.74, 6) is 0.899. The number of sulfonamides is 1. The summed E-state index contributed by atoms with van der Waals surface area (Å²) in [6.45, 7) is 2.68. The van der Waals surface area contributed by atoms with Crippen molar-refractivity contribution in [2.24, 2.45) is 5.92 Å². The monoisotopic (exact) mass is 341 g/mol. The first-order valence-electron chi connectivity index (χ1n) is 7.62. The molecular weight excluding hydrogens is 318 g/mol. The van der Waals surface area contributed by atoms with Crippen molar-refractivity contribution in [3.63, 3.8) is 0 Å². The first kappa shape index (κ1) is 17.6. The van der Waals surface area contributed by atoms with Crippen LogP contribution in [0.5, 0.6) is 5.75 Å². The highest BCUT2D eigenvalue weighted by molar-refractivity contribution is 7.92. The van der Waals surface area contributed by atoms with E-state index in [9.17, 15) is 13.2 Å². The van der Waals surface area contributed by atoms with E-state index in [0.717, 1.165) is 6.54 Å². The van der Waals surface area contributed by atoms with Gasteiger partial charge in [0.15, 0.2) is 0 Å². The van der Waals surface area contributed by atoms with Crippen LogP contribution in [0.2, 0.25) is 0 Å². The molecule has 1 saturated carbocycles. The van der Waals surface area contributed by atoms with Crippen molar-refractivity contribution >= 4 is 27.3 Å². The lowest BCUT2D eigenvalue weighted by Gasteiger charge is -2.13. The number of ether oxygens (including phenoxy) is 1. The average molecular weight is 341 g/mol. The molecule has 1 aromatic carbocycles. The highest BCUT2D eigenvalue weighted by Crippen LogP contribution is 2.29. The molecule has 0 saturated heterocycles. The summed E-state index contributed by atoms with van der Waals surface area (Å²) in [6.07, 6.45) is 2.47. The molecule has 0 atom stereocenters. The molecular formula is C15H23N3O4S. The Hall–Kier alpha value is -1.80. The number of benzene rings is 1. The zero-order valence-electron chi connectivity index (χ0n) is 13.4. The summed E-state index contributed by atoms with van der Waals surface area (Å²) in [4.78, 5) is 11.8. The Morgan fingerprint density at radius 1 is 1.35 bits per heavy atom. The largest absolute Gasteiger partial charge is 0.494 e. The van der Waals surface area contributed by atoms with Crippen molar-refractivity contribution in [2.45, 2.75) is 19.8 Å². The summed E-state index contributed by atoms with van der Waals surface area (Å²) < 4.78 is 30.9. The molecule has 1 fully saturated rings. The van der Waals surface area contributed by atoms with Gasteiger partial charge in [-0.15, -0.1) is 0 Å². The molecule has 0 aliphatic heterocycles. The number of methoxy groups -OCH3 is 1. The lowest BCUT2D eigenvalue weighted by atomic mass is 10.2.